The van der Waals surface area contributed by atoms with E-state index >= 15 is 0 Å². The van der Waals surface area contributed by atoms with Gasteiger partial charge in [0.2, 0.25) is 0 Å². The molecule has 66 heavy (non-hydrogen) atoms. The maximum Gasteiger partial charge on any atom is 0.387 e. The average Bonchev–Trinajstić information content (AvgIpc) is 4.06. The maximum atomic E-state index is 14.8. The van der Waals surface area contributed by atoms with Crippen molar-refractivity contribution < 1.29 is 37.0 Å². The fourth-order valence-electron chi connectivity index (χ4n) is 7.52. The average molecular weight is 919 g/mol. The van der Waals surface area contributed by atoms with Gasteiger partial charge < -0.3 is 35.5 Å². The molecule has 2 saturated heterocycles. The maximum absolute atomic E-state index is 14.8. The van der Waals surface area contributed by atoms with Gasteiger partial charge in [-0.15, -0.1) is 5.10 Å². The topological polar surface area (TPSA) is 182 Å². The second-order valence-electron chi connectivity index (χ2n) is 15.2. The van der Waals surface area contributed by atoms with Crippen molar-refractivity contribution in [2.24, 2.45) is 0 Å². The molecular formula is C47H42ClF3N10O5. The van der Waals surface area contributed by atoms with Gasteiger partial charge in [0.05, 0.1) is 66.4 Å². The normalized spacial score (nSPS) is 19.0. The van der Waals surface area contributed by atoms with Gasteiger partial charge in [-0.05, 0) is 78.2 Å². The number of ether oxygens (including phenoxy) is 3. The lowest BCUT2D eigenvalue weighted by molar-refractivity contribution is -0.0498. The molecule has 3 atom stereocenters. The number of amides is 2. The fraction of sp³-hybridized carbons (Fsp3) is 0.234. The molecular weight excluding hydrogens is 877 g/mol. The van der Waals surface area contributed by atoms with Crippen LogP contribution in [0, 0.1) is 17.1 Å². The predicted molar refractivity (Wildman–Crippen MR) is 238 cm³/mol. The number of carbonyl (C=O) groups excluding carboxylic acids is 2. The number of aromatic nitrogens is 5. The van der Waals surface area contributed by atoms with E-state index in [1.165, 1.54) is 41.3 Å². The Bertz CT molecular complexity index is 2760. The van der Waals surface area contributed by atoms with E-state index in [0.29, 0.717) is 60.1 Å². The summed E-state index contributed by atoms with van der Waals surface area (Å²) in [6.07, 6.45) is 12.2. The molecule has 3 aliphatic rings. The van der Waals surface area contributed by atoms with Crippen LogP contribution in [-0.4, -0.2) is 82.6 Å². The largest absolute Gasteiger partial charge is 0.435 e. The summed E-state index contributed by atoms with van der Waals surface area (Å²) in [5, 5.41) is 33.7. The molecule has 0 bridgehead atoms. The Hall–Kier alpha value is -7.14. The van der Waals surface area contributed by atoms with Gasteiger partial charge in [0, 0.05) is 48.6 Å². The number of hydrogen-bond donors (Lipinski definition) is 4. The van der Waals surface area contributed by atoms with Crippen LogP contribution in [0.15, 0.2) is 128 Å². The summed E-state index contributed by atoms with van der Waals surface area (Å²) in [4.78, 5) is 25.5. The number of hydrogen-bond acceptors (Lipinski definition) is 11. The molecule has 19 heteroatoms. The molecule has 4 N–H and O–H groups in total. The third-order valence-electron chi connectivity index (χ3n) is 10.9. The van der Waals surface area contributed by atoms with Crippen LogP contribution in [0.3, 0.4) is 0 Å². The highest BCUT2D eigenvalue weighted by atomic mass is 35.5. The number of benzene rings is 4. The Morgan fingerprint density at radius 3 is 2.32 bits per heavy atom. The molecule has 0 radical (unpaired) electrons. The van der Waals surface area contributed by atoms with E-state index < -0.39 is 23.9 Å². The van der Waals surface area contributed by atoms with E-state index in [1.807, 2.05) is 36.4 Å². The molecule has 15 nitrogen and oxygen atoms in total. The van der Waals surface area contributed by atoms with E-state index in [9.17, 15) is 22.8 Å². The fourth-order valence-corrected chi connectivity index (χ4v) is 7.82. The first kappa shape index (κ1) is 45.4. The molecule has 0 saturated carbocycles. The van der Waals surface area contributed by atoms with Gasteiger partial charge in [0.1, 0.15) is 17.1 Å². The number of allylic oxidation sites excluding steroid dienone is 4. The highest BCUT2D eigenvalue weighted by Gasteiger charge is 2.34. The zero-order valence-corrected chi connectivity index (χ0v) is 35.8. The van der Waals surface area contributed by atoms with Gasteiger partial charge in [-0.2, -0.15) is 19.1 Å². The first-order valence-corrected chi connectivity index (χ1v) is 21.2. The van der Waals surface area contributed by atoms with Crippen molar-refractivity contribution in [1.29, 1.82) is 5.26 Å². The van der Waals surface area contributed by atoms with Crippen molar-refractivity contribution >= 4 is 34.8 Å². The van der Waals surface area contributed by atoms with E-state index in [2.05, 4.69) is 47.5 Å². The molecule has 4 aromatic carbocycles. The van der Waals surface area contributed by atoms with E-state index in [0.717, 1.165) is 29.9 Å². The Labute approximate surface area is 381 Å². The third-order valence-corrected chi connectivity index (χ3v) is 11.3. The number of anilines is 2. The molecule has 2 aromatic heterocycles. The van der Waals surface area contributed by atoms with Crippen molar-refractivity contribution in [3.8, 4) is 17.5 Å². The van der Waals surface area contributed by atoms with Crippen LogP contribution in [-0.2, 0) is 15.0 Å². The highest BCUT2D eigenvalue weighted by molar-refractivity contribution is 6.31. The standard InChI is InChI=1S/C26H24F3N5O3.C21H18ClN5O2/c27-20-14-17(23-15-30-12-13-36-23)4-9-21(20)31-24(35)22-16-34(33-32-22)26(10-2-1-3-11-26)18-5-7-19(8-6-18)37-25(28)29;22-19-9-16(3-6-18(19)20-12-24-7-8-29-20)26-21(28)15-11-25-27(13-15)17-4-1-14(10-23)2-5-17/h1-10,14,16,23,25,30H,11-13,15H2,(H,31,35);1-6,9,11,13,20,24H,7-8,12H2,(H,26,28)/t23?,26-;20-/m11/s1. The summed E-state index contributed by atoms with van der Waals surface area (Å²) in [5.74, 6) is -1.47. The first-order valence-electron chi connectivity index (χ1n) is 20.8. The highest BCUT2D eigenvalue weighted by Crippen LogP contribution is 2.35. The van der Waals surface area contributed by atoms with Crippen molar-refractivity contribution in [2.45, 2.75) is 30.8 Å². The first-order chi connectivity index (χ1) is 32.1. The van der Waals surface area contributed by atoms with Gasteiger partial charge in [0.25, 0.3) is 11.8 Å². The number of nitrogens with one attached hydrogen (secondary N) is 4. The lowest BCUT2D eigenvalue weighted by Gasteiger charge is -2.32. The number of nitrogens with zero attached hydrogens (tertiary/aromatic N) is 6. The van der Waals surface area contributed by atoms with Gasteiger partial charge in [0.15, 0.2) is 5.69 Å². The van der Waals surface area contributed by atoms with Crippen LogP contribution in [0.25, 0.3) is 5.69 Å². The number of morpholine rings is 2. The van der Waals surface area contributed by atoms with E-state index in [1.54, 1.807) is 59.4 Å². The van der Waals surface area contributed by atoms with E-state index in [4.69, 9.17) is 26.3 Å². The summed E-state index contributed by atoms with van der Waals surface area (Å²) in [6, 6.07) is 25.2. The number of nitriles is 1. The minimum atomic E-state index is -2.92. The van der Waals surface area contributed by atoms with Crippen molar-refractivity contribution in [3.63, 3.8) is 0 Å². The summed E-state index contributed by atoms with van der Waals surface area (Å²) in [6.45, 7) is 1.13. The Balaban J connectivity index is 0.000000185. The lowest BCUT2D eigenvalue weighted by Crippen LogP contribution is -2.34. The van der Waals surface area contributed by atoms with Crippen LogP contribution in [0.5, 0.6) is 5.75 Å². The monoisotopic (exact) mass is 918 g/mol. The van der Waals surface area contributed by atoms with Crippen molar-refractivity contribution in [3.05, 3.63) is 172 Å². The van der Waals surface area contributed by atoms with Crippen LogP contribution in [0.4, 0.5) is 24.5 Å². The van der Waals surface area contributed by atoms with Crippen LogP contribution >= 0.6 is 11.6 Å². The molecule has 338 valence electrons. The SMILES string of the molecule is N#Cc1ccc(-n2cc(C(=O)Nc3ccc([C@H]4CNCCO4)c(Cl)c3)cn2)cc1.O=C(Nc1ccc(C2CNCCO2)cc1F)c1cn([C@]2(c3ccc(OC(F)F)cc3)C=CC=CC2)nn1. The Morgan fingerprint density at radius 2 is 1.67 bits per heavy atom. The number of carbonyl (C=O) groups is 2. The van der Waals surface area contributed by atoms with Gasteiger partial charge in [-0.3, -0.25) is 9.59 Å². The van der Waals surface area contributed by atoms with Crippen LogP contribution in [0.1, 0.15) is 61.7 Å². The molecule has 1 aliphatic carbocycles. The van der Waals surface area contributed by atoms with Crippen LogP contribution < -0.4 is 26.0 Å². The zero-order chi connectivity index (χ0) is 46.0. The quantitative estimate of drug-likeness (QED) is 0.101. The number of alkyl halides is 2. The molecule has 9 rings (SSSR count). The smallest absolute Gasteiger partial charge is 0.387 e. The second kappa shape index (κ2) is 20.8. The molecule has 1 unspecified atom stereocenters. The van der Waals surface area contributed by atoms with Gasteiger partial charge >= 0.3 is 6.61 Å². The predicted octanol–water partition coefficient (Wildman–Crippen LogP) is 7.50. The molecule has 2 fully saturated rings. The molecule has 4 heterocycles. The third kappa shape index (κ3) is 10.7. The van der Waals surface area contributed by atoms with E-state index in [-0.39, 0.29) is 35.2 Å². The lowest BCUT2D eigenvalue weighted by atomic mass is 9.84. The molecule has 0 spiro atoms. The van der Waals surface area contributed by atoms with Crippen LogP contribution in [0.2, 0.25) is 5.02 Å². The minimum Gasteiger partial charge on any atom is -0.435 e. The van der Waals surface area contributed by atoms with Crippen molar-refractivity contribution in [1.82, 2.24) is 35.4 Å². The van der Waals surface area contributed by atoms with Gasteiger partial charge in [-0.25, -0.2) is 13.8 Å². The number of rotatable bonds is 11. The summed E-state index contributed by atoms with van der Waals surface area (Å²) in [7, 11) is 0. The Morgan fingerprint density at radius 1 is 0.909 bits per heavy atom. The summed E-state index contributed by atoms with van der Waals surface area (Å²) in [5.41, 5.74) is 3.79. The summed E-state index contributed by atoms with van der Waals surface area (Å²) >= 11 is 6.40. The Kier molecular flexibility index (Phi) is 14.3. The van der Waals surface area contributed by atoms with Crippen molar-refractivity contribution in [2.75, 3.05) is 50.0 Å². The second-order valence-corrected chi connectivity index (χ2v) is 15.6. The molecule has 6 aromatic rings. The molecule has 2 aliphatic heterocycles. The zero-order valence-electron chi connectivity index (χ0n) is 35.0. The minimum absolute atomic E-state index is 0.0109. The molecule has 2 amide bonds. The summed E-state index contributed by atoms with van der Waals surface area (Å²) < 4.78 is 58.8. The van der Waals surface area contributed by atoms with Gasteiger partial charge in [-0.1, -0.05) is 65.4 Å². The number of halogens is 4.